The van der Waals surface area contributed by atoms with Crippen molar-refractivity contribution in [1.82, 2.24) is 14.9 Å². The van der Waals surface area contributed by atoms with Gasteiger partial charge in [-0.25, -0.2) is 9.97 Å². The fourth-order valence-electron chi connectivity index (χ4n) is 7.26. The third kappa shape index (κ3) is 10.0. The van der Waals surface area contributed by atoms with Crippen LogP contribution in [-0.2, 0) is 20.6 Å². The smallest absolute Gasteiger partial charge is 0.288 e. The van der Waals surface area contributed by atoms with Crippen LogP contribution in [0.5, 0.6) is 11.5 Å². The van der Waals surface area contributed by atoms with Crippen LogP contribution in [0, 0.1) is 5.92 Å². The molecule has 0 bridgehead atoms. The zero-order valence-electron chi connectivity index (χ0n) is 32.8. The number of benzene rings is 4. The van der Waals surface area contributed by atoms with Gasteiger partial charge in [-0.05, 0) is 68.0 Å². The highest BCUT2D eigenvalue weighted by molar-refractivity contribution is 14.1. The highest BCUT2D eigenvalue weighted by atomic mass is 127. The number of hydrogen-bond donors (Lipinski definition) is 0. The maximum atomic E-state index is 12.2. The minimum atomic E-state index is -0.239. The molecule has 2 aromatic heterocycles. The molecule has 2 fully saturated rings. The number of amides is 2. The molecule has 2 amide bonds. The molecule has 0 N–H and O–H groups in total. The first-order valence-corrected chi connectivity index (χ1v) is 21.8. The molecule has 300 valence electrons. The lowest BCUT2D eigenvalue weighted by atomic mass is 9.84. The maximum Gasteiger partial charge on any atom is 0.288 e. The second kappa shape index (κ2) is 19.7. The number of carbonyl (C=O) groups is 2. The van der Waals surface area contributed by atoms with Gasteiger partial charge in [0.1, 0.15) is 17.2 Å². The normalized spacial score (nSPS) is 17.9. The van der Waals surface area contributed by atoms with Crippen molar-refractivity contribution in [3.05, 3.63) is 121 Å². The van der Waals surface area contributed by atoms with E-state index in [1.807, 2.05) is 109 Å². The van der Waals surface area contributed by atoms with E-state index in [2.05, 4.69) is 27.6 Å². The number of oxazole rings is 2. The summed E-state index contributed by atoms with van der Waals surface area (Å²) in [6.07, 6.45) is 6.00. The van der Waals surface area contributed by atoms with Crippen molar-refractivity contribution >= 4 is 45.5 Å². The van der Waals surface area contributed by atoms with E-state index in [4.69, 9.17) is 28.0 Å². The van der Waals surface area contributed by atoms with E-state index in [1.165, 1.54) is 4.90 Å². The standard InChI is InChI=1S/C29H32N2O5S.C17H14INO2/c1-31-28(32)25(37-29(31)33)15-14-19-8-6-13-23(16-19)35-18-24-26(20-9-4-3-5-10-20)36-27(30-24)21-11-7-12-22(17-21)34-2;1-20-14-9-5-8-13(10-14)17-19-15(11-18)16(21-17)12-6-3-2-4-7-12/h3-5,7,9-12,17,19,23,25H,6,8,13-16,18H2,1-2H3;2-10H,11H2,1H3/t19-,23-,25?;/m1./s1. The predicted molar refractivity (Wildman–Crippen MR) is 235 cm³/mol. The van der Waals surface area contributed by atoms with Crippen molar-refractivity contribution in [3.8, 4) is 57.1 Å². The topological polar surface area (TPSA) is 117 Å². The number of nitrogens with zero attached hydrogens (tertiary/aromatic N) is 3. The van der Waals surface area contributed by atoms with Gasteiger partial charge in [0.05, 0.1) is 37.9 Å². The number of carbonyl (C=O) groups excluding carboxylic acids is 2. The van der Waals surface area contributed by atoms with Gasteiger partial charge in [-0.15, -0.1) is 0 Å². The summed E-state index contributed by atoms with van der Waals surface area (Å²) in [6, 6.07) is 35.5. The fraction of sp³-hybridized carbons (Fsp3) is 0.304. The Morgan fingerprint density at radius 3 is 1.81 bits per heavy atom. The van der Waals surface area contributed by atoms with E-state index >= 15 is 0 Å². The van der Waals surface area contributed by atoms with Crippen LogP contribution >= 0.6 is 34.4 Å². The number of thioether (sulfide) groups is 1. The Balaban J connectivity index is 0.000000206. The van der Waals surface area contributed by atoms with Gasteiger partial charge in [0.2, 0.25) is 17.7 Å². The van der Waals surface area contributed by atoms with Crippen LogP contribution in [0.25, 0.3) is 45.6 Å². The van der Waals surface area contributed by atoms with Gasteiger partial charge >= 0.3 is 0 Å². The molecule has 3 atom stereocenters. The summed E-state index contributed by atoms with van der Waals surface area (Å²) in [5.41, 5.74) is 5.51. The maximum absolute atomic E-state index is 12.2. The van der Waals surface area contributed by atoms with Crippen LogP contribution < -0.4 is 9.47 Å². The van der Waals surface area contributed by atoms with Gasteiger partial charge < -0.3 is 23.0 Å². The Bertz CT molecular complexity index is 2300. The summed E-state index contributed by atoms with van der Waals surface area (Å²) in [5, 5.41) is -0.382. The van der Waals surface area contributed by atoms with Gasteiger partial charge in [0.25, 0.3) is 5.24 Å². The molecular formula is C46H46IN3O7S. The average molecular weight is 912 g/mol. The lowest BCUT2D eigenvalue weighted by Gasteiger charge is -2.29. The number of methoxy groups -OCH3 is 2. The quantitative estimate of drug-likeness (QED) is 0.0819. The fourth-order valence-corrected chi connectivity index (χ4v) is 8.78. The van der Waals surface area contributed by atoms with Gasteiger partial charge in [-0.3, -0.25) is 14.5 Å². The molecule has 8 rings (SSSR count). The molecule has 10 nitrogen and oxygen atoms in total. The second-order valence-corrected chi connectivity index (χ2v) is 16.1. The molecule has 0 spiro atoms. The number of alkyl halides is 1. The zero-order valence-corrected chi connectivity index (χ0v) is 35.7. The van der Waals surface area contributed by atoms with Crippen LogP contribution in [0.4, 0.5) is 4.79 Å². The first kappa shape index (κ1) is 41.2. The highest BCUT2D eigenvalue weighted by Crippen LogP contribution is 2.37. The molecule has 1 saturated carbocycles. The summed E-state index contributed by atoms with van der Waals surface area (Å²) >= 11 is 3.47. The molecule has 1 aliphatic heterocycles. The van der Waals surface area contributed by atoms with Crippen LogP contribution in [0.1, 0.15) is 49.9 Å². The molecule has 4 aromatic carbocycles. The summed E-state index contributed by atoms with van der Waals surface area (Å²) in [4.78, 5) is 34.7. The number of rotatable bonds is 13. The van der Waals surface area contributed by atoms with E-state index in [-0.39, 0.29) is 22.5 Å². The highest BCUT2D eigenvalue weighted by Gasteiger charge is 2.37. The van der Waals surface area contributed by atoms with Crippen molar-refractivity contribution in [2.45, 2.75) is 60.9 Å². The molecule has 58 heavy (non-hydrogen) atoms. The Labute approximate surface area is 356 Å². The van der Waals surface area contributed by atoms with Gasteiger partial charge in [-0.1, -0.05) is 120 Å². The second-order valence-electron chi connectivity index (χ2n) is 14.2. The Morgan fingerprint density at radius 1 is 0.724 bits per heavy atom. The van der Waals surface area contributed by atoms with Crippen LogP contribution in [0.3, 0.4) is 0 Å². The summed E-state index contributed by atoms with van der Waals surface area (Å²) in [7, 11) is 4.86. The van der Waals surface area contributed by atoms with Gasteiger partial charge in [-0.2, -0.15) is 0 Å². The SMILES string of the molecule is COc1cccc(-c2nc(CI)c(-c3ccccc3)o2)c1.COc1cccc(-c2nc(CO[C@@H]3CCC[C@H](CCC4SC(=O)N(C)C4=O)C3)c(-c3ccccc3)o2)c1. The van der Waals surface area contributed by atoms with Gasteiger partial charge in [0.15, 0.2) is 11.5 Å². The number of halogens is 1. The molecule has 12 heteroatoms. The lowest BCUT2D eigenvalue weighted by Crippen LogP contribution is -2.28. The van der Waals surface area contributed by atoms with E-state index in [0.717, 1.165) is 111 Å². The summed E-state index contributed by atoms with van der Waals surface area (Å²) in [6.45, 7) is 0.366. The van der Waals surface area contributed by atoms with Crippen LogP contribution in [-0.4, -0.2) is 58.6 Å². The van der Waals surface area contributed by atoms with Crippen molar-refractivity contribution in [2.75, 3.05) is 21.3 Å². The first-order valence-electron chi connectivity index (χ1n) is 19.4. The largest absolute Gasteiger partial charge is 0.497 e. The Hall–Kier alpha value is -4.92. The minimum absolute atomic E-state index is 0.0649. The van der Waals surface area contributed by atoms with Crippen LogP contribution in [0.15, 0.2) is 118 Å². The lowest BCUT2D eigenvalue weighted by molar-refractivity contribution is -0.125. The Kier molecular flexibility index (Phi) is 14.0. The van der Waals surface area contributed by atoms with E-state index < -0.39 is 0 Å². The molecule has 3 heterocycles. The van der Waals surface area contributed by atoms with Crippen molar-refractivity contribution < 1.29 is 32.6 Å². The van der Waals surface area contributed by atoms with E-state index in [0.29, 0.717) is 24.3 Å². The Morgan fingerprint density at radius 2 is 1.28 bits per heavy atom. The number of imide groups is 1. The molecular weight excluding hydrogens is 865 g/mol. The molecule has 1 saturated heterocycles. The van der Waals surface area contributed by atoms with E-state index in [9.17, 15) is 9.59 Å². The third-order valence-electron chi connectivity index (χ3n) is 10.4. The average Bonchev–Trinajstić information content (AvgIpc) is 3.99. The molecule has 1 unspecified atom stereocenters. The summed E-state index contributed by atoms with van der Waals surface area (Å²) < 4.78 is 30.1. The summed E-state index contributed by atoms with van der Waals surface area (Å²) in [5.74, 6) is 4.69. The molecule has 0 radical (unpaired) electrons. The zero-order chi connectivity index (χ0) is 40.4. The minimum Gasteiger partial charge on any atom is -0.497 e. The van der Waals surface area contributed by atoms with Crippen molar-refractivity contribution in [2.24, 2.45) is 5.92 Å². The van der Waals surface area contributed by atoms with Crippen molar-refractivity contribution in [3.63, 3.8) is 0 Å². The predicted octanol–water partition coefficient (Wildman–Crippen LogP) is 11.5. The van der Waals surface area contributed by atoms with Crippen molar-refractivity contribution in [1.29, 1.82) is 0 Å². The third-order valence-corrected chi connectivity index (χ3v) is 12.3. The first-order chi connectivity index (χ1) is 28.3. The number of ether oxygens (including phenoxy) is 3. The molecule has 6 aromatic rings. The van der Waals surface area contributed by atoms with Gasteiger partial charge in [0, 0.05) is 33.7 Å². The molecule has 2 aliphatic rings. The number of aromatic nitrogens is 2. The number of hydrogen-bond acceptors (Lipinski definition) is 10. The monoisotopic (exact) mass is 911 g/mol. The van der Waals surface area contributed by atoms with Crippen LogP contribution in [0.2, 0.25) is 0 Å². The molecule has 1 aliphatic carbocycles. The van der Waals surface area contributed by atoms with E-state index in [1.54, 1.807) is 21.3 Å².